The number of ether oxygens (including phenoxy) is 1. The Bertz CT molecular complexity index is 1610. The maximum atomic E-state index is 13.0. The van der Waals surface area contributed by atoms with Crippen LogP contribution in [0.15, 0.2) is 61.1 Å². The van der Waals surface area contributed by atoms with Crippen molar-refractivity contribution >= 4 is 50.1 Å². The summed E-state index contributed by atoms with van der Waals surface area (Å²) >= 11 is 6.35. The highest BCUT2D eigenvalue weighted by Gasteiger charge is 2.30. The van der Waals surface area contributed by atoms with E-state index in [0.29, 0.717) is 29.1 Å². The van der Waals surface area contributed by atoms with Gasteiger partial charge in [0.25, 0.3) is 0 Å². The van der Waals surface area contributed by atoms with Crippen LogP contribution in [-0.4, -0.2) is 48.2 Å². The van der Waals surface area contributed by atoms with E-state index in [-0.39, 0.29) is 29.6 Å². The van der Waals surface area contributed by atoms with Crippen molar-refractivity contribution in [3.05, 3.63) is 71.6 Å². The lowest BCUT2D eigenvalue weighted by atomic mass is 10.2. The van der Waals surface area contributed by atoms with Gasteiger partial charge < -0.3 is 19.9 Å². The second-order valence-corrected chi connectivity index (χ2v) is 10.5. The van der Waals surface area contributed by atoms with Crippen LogP contribution < -0.4 is 20.1 Å². The van der Waals surface area contributed by atoms with Crippen molar-refractivity contribution in [2.75, 3.05) is 24.7 Å². The lowest BCUT2D eigenvalue weighted by molar-refractivity contribution is -0.137. The molecule has 0 radical (unpaired) electrons. The van der Waals surface area contributed by atoms with Gasteiger partial charge in [0.05, 0.1) is 28.9 Å². The van der Waals surface area contributed by atoms with Gasteiger partial charge in [-0.25, -0.2) is 23.1 Å². The number of sulfonamides is 1. The van der Waals surface area contributed by atoms with Gasteiger partial charge in [0, 0.05) is 25.0 Å². The Balaban J connectivity index is 1.46. The summed E-state index contributed by atoms with van der Waals surface area (Å²) in [6, 6.07) is 10.9. The van der Waals surface area contributed by atoms with Gasteiger partial charge in [0.15, 0.2) is 5.82 Å². The SMILES string of the molecule is CS(=O)(=O)NCC(=O)NCCn1ccc2ncnc(Nc3ccc(Oc4cccc(C(F)(F)F)c4)c(Cl)c3)c21. The number of hydrogen-bond donors (Lipinski definition) is 3. The molecule has 4 aromatic rings. The third-order valence-electron chi connectivity index (χ3n) is 5.30. The Kier molecular flexibility index (Phi) is 8.28. The zero-order chi connectivity index (χ0) is 28.2. The molecule has 0 aliphatic carbocycles. The average molecular weight is 583 g/mol. The van der Waals surface area contributed by atoms with Crippen LogP contribution in [0.2, 0.25) is 5.02 Å². The van der Waals surface area contributed by atoms with Crippen molar-refractivity contribution in [1.29, 1.82) is 0 Å². The molecule has 4 rings (SSSR count). The van der Waals surface area contributed by atoms with Crippen LogP contribution in [0.3, 0.4) is 0 Å². The third kappa shape index (κ3) is 7.59. The minimum Gasteiger partial charge on any atom is -0.456 e. The molecule has 0 aliphatic rings. The van der Waals surface area contributed by atoms with Crippen molar-refractivity contribution in [3.63, 3.8) is 0 Å². The van der Waals surface area contributed by atoms with E-state index in [2.05, 4.69) is 25.3 Å². The topological polar surface area (TPSA) is 127 Å². The standard InChI is InChI=1S/C24H22ClF3N6O4S/c1-39(36,37)32-13-21(35)29-8-10-34-9-7-19-22(34)23(31-14-30-19)33-16-5-6-20(18(25)12-16)38-17-4-2-3-15(11-17)24(26,27)28/h2-7,9,11-12,14,32H,8,10,13H2,1H3,(H,29,35)(H,30,31,33). The van der Waals surface area contributed by atoms with Gasteiger partial charge in [-0.1, -0.05) is 17.7 Å². The number of nitrogens with zero attached hydrogens (tertiary/aromatic N) is 3. The monoisotopic (exact) mass is 582 g/mol. The first-order valence-corrected chi connectivity index (χ1v) is 13.6. The van der Waals surface area contributed by atoms with E-state index in [4.69, 9.17) is 16.3 Å². The molecule has 2 heterocycles. The second-order valence-electron chi connectivity index (χ2n) is 8.31. The summed E-state index contributed by atoms with van der Waals surface area (Å²) in [5, 5.41) is 5.93. The number of rotatable bonds is 10. The molecule has 0 atom stereocenters. The van der Waals surface area contributed by atoms with Gasteiger partial charge in [-0.3, -0.25) is 4.79 Å². The number of alkyl halides is 3. The molecule has 0 saturated carbocycles. The number of nitrogens with one attached hydrogen (secondary N) is 3. The first-order valence-electron chi connectivity index (χ1n) is 11.3. The van der Waals surface area contributed by atoms with E-state index >= 15 is 0 Å². The molecule has 2 aromatic carbocycles. The molecule has 39 heavy (non-hydrogen) atoms. The molecule has 3 N–H and O–H groups in total. The fourth-order valence-corrected chi connectivity index (χ4v) is 4.16. The minimum absolute atomic E-state index is 0.0121. The fraction of sp³-hybridized carbons (Fsp3) is 0.208. The van der Waals surface area contributed by atoms with Crippen LogP contribution >= 0.6 is 11.6 Å². The summed E-state index contributed by atoms with van der Waals surface area (Å²) in [5.41, 5.74) is 0.967. The highest BCUT2D eigenvalue weighted by atomic mass is 35.5. The van der Waals surface area contributed by atoms with Crippen molar-refractivity contribution in [3.8, 4) is 11.5 Å². The minimum atomic E-state index is -4.50. The predicted octanol–water partition coefficient (Wildman–Crippen LogP) is 4.30. The van der Waals surface area contributed by atoms with Crippen LogP contribution in [-0.2, 0) is 27.5 Å². The molecule has 206 valence electrons. The summed E-state index contributed by atoms with van der Waals surface area (Å²) in [7, 11) is -3.48. The van der Waals surface area contributed by atoms with E-state index in [9.17, 15) is 26.4 Å². The smallest absolute Gasteiger partial charge is 0.416 e. The number of benzene rings is 2. The van der Waals surface area contributed by atoms with Crippen LogP contribution in [0, 0.1) is 0 Å². The molecule has 0 fully saturated rings. The van der Waals surface area contributed by atoms with Gasteiger partial charge in [0.2, 0.25) is 15.9 Å². The number of hydrogen-bond acceptors (Lipinski definition) is 7. The number of amides is 1. The average Bonchev–Trinajstić information content (AvgIpc) is 3.28. The largest absolute Gasteiger partial charge is 0.456 e. The van der Waals surface area contributed by atoms with Crippen LogP contribution in [0.4, 0.5) is 24.7 Å². The van der Waals surface area contributed by atoms with Gasteiger partial charge in [-0.2, -0.15) is 13.2 Å². The number of halogens is 4. The molecule has 0 unspecified atom stereocenters. The molecule has 0 spiro atoms. The van der Waals surface area contributed by atoms with Crippen LogP contribution in [0.25, 0.3) is 11.0 Å². The van der Waals surface area contributed by atoms with Gasteiger partial charge in [-0.05, 0) is 42.5 Å². The zero-order valence-corrected chi connectivity index (χ0v) is 21.9. The van der Waals surface area contributed by atoms with E-state index in [1.54, 1.807) is 24.4 Å². The Morgan fingerprint density at radius 2 is 1.92 bits per heavy atom. The summed E-state index contributed by atoms with van der Waals surface area (Å²) in [6.45, 7) is 0.200. The summed E-state index contributed by atoms with van der Waals surface area (Å²) in [6.07, 6.45) is -0.395. The lowest BCUT2D eigenvalue weighted by Crippen LogP contribution is -2.37. The fourth-order valence-electron chi connectivity index (χ4n) is 3.55. The van der Waals surface area contributed by atoms with Crippen molar-refractivity contribution in [2.24, 2.45) is 0 Å². The molecule has 0 bridgehead atoms. The Morgan fingerprint density at radius 3 is 2.64 bits per heavy atom. The number of fused-ring (bicyclic) bond motifs is 1. The molecule has 0 aliphatic heterocycles. The zero-order valence-electron chi connectivity index (χ0n) is 20.3. The molecule has 15 heteroatoms. The third-order valence-corrected chi connectivity index (χ3v) is 6.27. The number of carbonyl (C=O) groups is 1. The molecular formula is C24H22ClF3N6O4S. The molecule has 0 saturated heterocycles. The Labute approximate surface area is 226 Å². The Morgan fingerprint density at radius 1 is 1.13 bits per heavy atom. The quantitative estimate of drug-likeness (QED) is 0.254. The van der Waals surface area contributed by atoms with Crippen molar-refractivity contribution in [1.82, 2.24) is 24.6 Å². The van der Waals surface area contributed by atoms with E-state index in [1.165, 1.54) is 24.5 Å². The predicted molar refractivity (Wildman–Crippen MR) is 140 cm³/mol. The van der Waals surface area contributed by atoms with Crippen LogP contribution in [0.1, 0.15) is 5.56 Å². The second kappa shape index (κ2) is 11.5. The van der Waals surface area contributed by atoms with Gasteiger partial charge in [0.1, 0.15) is 23.3 Å². The van der Waals surface area contributed by atoms with Crippen molar-refractivity contribution < 1.29 is 31.1 Å². The Hall–Kier alpha value is -3.88. The number of anilines is 2. The van der Waals surface area contributed by atoms with E-state index in [0.717, 1.165) is 18.4 Å². The molecular weight excluding hydrogens is 561 g/mol. The first kappa shape index (κ1) is 28.1. The number of carbonyl (C=O) groups excluding carboxylic acids is 1. The number of aromatic nitrogens is 3. The normalized spacial score (nSPS) is 11.9. The maximum Gasteiger partial charge on any atom is 0.416 e. The van der Waals surface area contributed by atoms with Crippen LogP contribution in [0.5, 0.6) is 11.5 Å². The van der Waals surface area contributed by atoms with Crippen molar-refractivity contribution in [2.45, 2.75) is 12.7 Å². The molecule has 2 aromatic heterocycles. The van der Waals surface area contributed by atoms with E-state index in [1.807, 2.05) is 4.57 Å². The summed E-state index contributed by atoms with van der Waals surface area (Å²) in [4.78, 5) is 20.4. The highest BCUT2D eigenvalue weighted by Crippen LogP contribution is 2.36. The molecule has 10 nitrogen and oxygen atoms in total. The first-order chi connectivity index (χ1) is 18.4. The summed E-state index contributed by atoms with van der Waals surface area (Å²) < 4.78 is 70.7. The van der Waals surface area contributed by atoms with Gasteiger partial charge >= 0.3 is 6.18 Å². The lowest BCUT2D eigenvalue weighted by Gasteiger charge is -2.13. The summed E-state index contributed by atoms with van der Waals surface area (Å²) in [5.74, 6) is 0.118. The van der Waals surface area contributed by atoms with Gasteiger partial charge in [-0.15, -0.1) is 0 Å². The van der Waals surface area contributed by atoms with E-state index < -0.39 is 27.7 Å². The maximum absolute atomic E-state index is 13.0. The highest BCUT2D eigenvalue weighted by molar-refractivity contribution is 7.88. The molecule has 1 amide bonds.